The van der Waals surface area contributed by atoms with Crippen LogP contribution in [0.5, 0.6) is 0 Å². The normalized spacial score (nSPS) is 15.0. The number of rotatable bonds is 3. The second kappa shape index (κ2) is 5.48. The topological polar surface area (TPSA) is 51.0 Å². The smallest absolute Gasteiger partial charge is 0.334 e. The Morgan fingerprint density at radius 1 is 1.24 bits per heavy atom. The molecule has 1 aromatic carbocycles. The van der Waals surface area contributed by atoms with Gasteiger partial charge in [-0.05, 0) is 36.2 Å². The van der Waals surface area contributed by atoms with Gasteiger partial charge in [-0.3, -0.25) is 0 Å². The first kappa shape index (κ1) is 14.1. The van der Waals surface area contributed by atoms with Gasteiger partial charge >= 0.3 is 6.18 Å². The molecule has 0 amide bonds. The van der Waals surface area contributed by atoms with Crippen LogP contribution >= 0.6 is 0 Å². The highest BCUT2D eigenvalue weighted by atomic mass is 19.4. The van der Waals surface area contributed by atoms with E-state index in [1.807, 2.05) is 18.2 Å². The molecule has 0 atom stereocenters. The summed E-state index contributed by atoms with van der Waals surface area (Å²) in [5.41, 5.74) is 3.17. The van der Waals surface area contributed by atoms with Crippen molar-refractivity contribution in [2.24, 2.45) is 0 Å². The standard InChI is InChI=1S/C14H14F3N3O/c15-14(16,17)5-3-12-19-13(21-20-12)10-2-1-9-4-6-18-8-11(9)7-10/h1-2,7,18H,3-6,8H2. The van der Waals surface area contributed by atoms with Crippen molar-refractivity contribution in [1.82, 2.24) is 15.5 Å². The molecular weight excluding hydrogens is 283 g/mol. The Labute approximate surface area is 119 Å². The second-order valence-electron chi connectivity index (χ2n) is 5.04. The van der Waals surface area contributed by atoms with E-state index in [9.17, 15) is 13.2 Å². The van der Waals surface area contributed by atoms with E-state index in [0.717, 1.165) is 30.6 Å². The van der Waals surface area contributed by atoms with Crippen molar-refractivity contribution in [2.45, 2.75) is 32.0 Å². The van der Waals surface area contributed by atoms with Crippen molar-refractivity contribution in [3.63, 3.8) is 0 Å². The molecule has 0 unspecified atom stereocenters. The Morgan fingerprint density at radius 2 is 2.10 bits per heavy atom. The summed E-state index contributed by atoms with van der Waals surface area (Å²) in [7, 11) is 0. The van der Waals surface area contributed by atoms with Gasteiger partial charge in [0.15, 0.2) is 5.82 Å². The van der Waals surface area contributed by atoms with Gasteiger partial charge < -0.3 is 9.84 Å². The van der Waals surface area contributed by atoms with Gasteiger partial charge in [-0.25, -0.2) is 0 Å². The summed E-state index contributed by atoms with van der Waals surface area (Å²) in [5.74, 6) is 0.346. The summed E-state index contributed by atoms with van der Waals surface area (Å²) in [6.07, 6.45) is -4.45. The molecule has 1 aliphatic rings. The molecule has 2 heterocycles. The minimum absolute atomic E-state index is 0.0816. The van der Waals surface area contributed by atoms with Crippen molar-refractivity contribution >= 4 is 0 Å². The van der Waals surface area contributed by atoms with E-state index in [1.54, 1.807) is 0 Å². The van der Waals surface area contributed by atoms with Crippen LogP contribution in [-0.2, 0) is 19.4 Å². The molecule has 4 nitrogen and oxygen atoms in total. The Bertz CT molecular complexity index is 637. The van der Waals surface area contributed by atoms with Crippen LogP contribution in [0, 0.1) is 0 Å². The molecule has 7 heteroatoms. The lowest BCUT2D eigenvalue weighted by Crippen LogP contribution is -2.23. The van der Waals surface area contributed by atoms with Gasteiger partial charge in [0.25, 0.3) is 5.89 Å². The molecule has 0 saturated heterocycles. The summed E-state index contributed by atoms with van der Waals surface area (Å²) >= 11 is 0. The van der Waals surface area contributed by atoms with Gasteiger partial charge in [0, 0.05) is 18.5 Å². The van der Waals surface area contributed by atoms with E-state index < -0.39 is 12.6 Å². The summed E-state index contributed by atoms with van der Waals surface area (Å²) in [6.45, 7) is 1.73. The van der Waals surface area contributed by atoms with E-state index in [-0.39, 0.29) is 18.1 Å². The average molecular weight is 297 g/mol. The van der Waals surface area contributed by atoms with Crippen LogP contribution in [0.15, 0.2) is 22.7 Å². The number of hydrogen-bond donors (Lipinski definition) is 1. The van der Waals surface area contributed by atoms with Gasteiger partial charge in [0.05, 0.1) is 6.42 Å². The summed E-state index contributed by atoms with van der Waals surface area (Å²) in [6, 6.07) is 5.82. The molecule has 0 radical (unpaired) electrons. The van der Waals surface area contributed by atoms with Gasteiger partial charge in [-0.1, -0.05) is 11.2 Å². The molecular formula is C14H14F3N3O. The third-order valence-corrected chi connectivity index (χ3v) is 3.44. The number of halogens is 3. The monoisotopic (exact) mass is 297 g/mol. The van der Waals surface area contributed by atoms with E-state index in [1.165, 1.54) is 5.56 Å². The Kier molecular flexibility index (Phi) is 3.67. The zero-order chi connectivity index (χ0) is 14.9. The van der Waals surface area contributed by atoms with Gasteiger partial charge in [0.1, 0.15) is 0 Å². The van der Waals surface area contributed by atoms with Crippen LogP contribution in [0.2, 0.25) is 0 Å². The molecule has 3 rings (SSSR count). The first-order valence-electron chi connectivity index (χ1n) is 6.73. The number of nitrogens with zero attached hydrogens (tertiary/aromatic N) is 2. The predicted octanol–water partition coefficient (Wildman–Crippen LogP) is 2.88. The van der Waals surface area contributed by atoms with E-state index in [4.69, 9.17) is 4.52 Å². The van der Waals surface area contributed by atoms with Gasteiger partial charge in [-0.15, -0.1) is 0 Å². The van der Waals surface area contributed by atoms with Gasteiger partial charge in [-0.2, -0.15) is 18.2 Å². The average Bonchev–Trinajstić information content (AvgIpc) is 2.93. The summed E-state index contributed by atoms with van der Waals surface area (Å²) in [5, 5.41) is 6.88. The zero-order valence-electron chi connectivity index (χ0n) is 11.2. The molecule has 0 fully saturated rings. The van der Waals surface area contributed by atoms with Crippen molar-refractivity contribution < 1.29 is 17.7 Å². The van der Waals surface area contributed by atoms with Crippen LogP contribution in [0.1, 0.15) is 23.4 Å². The first-order valence-corrected chi connectivity index (χ1v) is 6.73. The Morgan fingerprint density at radius 3 is 2.90 bits per heavy atom. The molecule has 2 aromatic rings. The lowest BCUT2D eigenvalue weighted by atomic mass is 9.98. The van der Waals surface area contributed by atoms with Crippen molar-refractivity contribution in [3.05, 3.63) is 35.2 Å². The Balaban J connectivity index is 1.77. The van der Waals surface area contributed by atoms with E-state index in [2.05, 4.69) is 15.5 Å². The summed E-state index contributed by atoms with van der Waals surface area (Å²) < 4.78 is 41.6. The fourth-order valence-corrected chi connectivity index (χ4v) is 2.34. The van der Waals surface area contributed by atoms with Crippen LogP contribution in [-0.4, -0.2) is 22.9 Å². The molecule has 1 aromatic heterocycles. The second-order valence-corrected chi connectivity index (χ2v) is 5.04. The molecule has 0 saturated carbocycles. The van der Waals surface area contributed by atoms with E-state index >= 15 is 0 Å². The first-order chi connectivity index (χ1) is 10.0. The number of hydrogen-bond acceptors (Lipinski definition) is 4. The third-order valence-electron chi connectivity index (χ3n) is 3.44. The fraction of sp³-hybridized carbons (Fsp3) is 0.429. The SMILES string of the molecule is FC(F)(F)CCc1noc(-c2ccc3c(c2)CNCC3)n1. The maximum absolute atomic E-state index is 12.2. The highest BCUT2D eigenvalue weighted by Gasteiger charge is 2.27. The van der Waals surface area contributed by atoms with Crippen LogP contribution < -0.4 is 5.32 Å². The molecule has 0 spiro atoms. The maximum atomic E-state index is 12.2. The molecule has 0 bridgehead atoms. The molecule has 0 aliphatic carbocycles. The Hall–Kier alpha value is -1.89. The number of aromatic nitrogens is 2. The number of alkyl halides is 3. The van der Waals surface area contributed by atoms with Crippen LogP contribution in [0.25, 0.3) is 11.5 Å². The predicted molar refractivity (Wildman–Crippen MR) is 69.5 cm³/mol. The lowest BCUT2D eigenvalue weighted by molar-refractivity contribution is -0.134. The molecule has 112 valence electrons. The minimum atomic E-state index is -4.21. The van der Waals surface area contributed by atoms with Crippen molar-refractivity contribution in [1.29, 1.82) is 0 Å². The number of benzene rings is 1. The number of fused-ring (bicyclic) bond motifs is 1. The number of nitrogens with one attached hydrogen (secondary N) is 1. The maximum Gasteiger partial charge on any atom is 0.389 e. The molecule has 1 N–H and O–H groups in total. The largest absolute Gasteiger partial charge is 0.389 e. The van der Waals surface area contributed by atoms with Gasteiger partial charge in [0.2, 0.25) is 0 Å². The fourth-order valence-electron chi connectivity index (χ4n) is 2.34. The summed E-state index contributed by atoms with van der Waals surface area (Å²) in [4.78, 5) is 4.03. The zero-order valence-corrected chi connectivity index (χ0v) is 11.2. The quantitative estimate of drug-likeness (QED) is 0.946. The molecule has 21 heavy (non-hydrogen) atoms. The highest BCUT2D eigenvalue weighted by molar-refractivity contribution is 5.56. The van der Waals surface area contributed by atoms with Crippen LogP contribution in [0.4, 0.5) is 13.2 Å². The van der Waals surface area contributed by atoms with Crippen LogP contribution in [0.3, 0.4) is 0 Å². The minimum Gasteiger partial charge on any atom is -0.334 e. The van der Waals surface area contributed by atoms with E-state index in [0.29, 0.717) is 0 Å². The third kappa shape index (κ3) is 3.41. The highest BCUT2D eigenvalue weighted by Crippen LogP contribution is 2.25. The van der Waals surface area contributed by atoms with Crippen molar-refractivity contribution in [3.8, 4) is 11.5 Å². The lowest BCUT2D eigenvalue weighted by Gasteiger charge is -2.16. The van der Waals surface area contributed by atoms with Crippen molar-refractivity contribution in [2.75, 3.05) is 6.54 Å². The number of aryl methyl sites for hydroxylation is 1. The molecule has 1 aliphatic heterocycles.